The molecule has 0 N–H and O–H groups in total. The monoisotopic (exact) mass is 352 g/mol. The maximum atomic E-state index is 5.58. The maximum absolute atomic E-state index is 5.58. The number of methoxy groups -OCH3 is 1. The lowest BCUT2D eigenvalue weighted by Gasteiger charge is -2.32. The van der Waals surface area contributed by atoms with Gasteiger partial charge in [0.25, 0.3) is 0 Å². The van der Waals surface area contributed by atoms with Crippen LogP contribution >= 0.6 is 0 Å². The minimum atomic E-state index is 0.0237. The molecule has 0 bridgehead atoms. The Morgan fingerprint density at radius 3 is 1.62 bits per heavy atom. The van der Waals surface area contributed by atoms with E-state index < -0.39 is 0 Å². The molecule has 0 unspecified atom stereocenters. The van der Waals surface area contributed by atoms with Gasteiger partial charge in [0.15, 0.2) is 0 Å². The van der Waals surface area contributed by atoms with Crippen molar-refractivity contribution in [2.45, 2.75) is 78.1 Å². The molecule has 0 spiro atoms. The Hall–Kier alpha value is -1.76. The SMILES string of the molecule is COc1ccccc1CC(C)(C)c1cc(C(C)(C)C)cc(C(C)(C)C)c1. The third-order valence-electron chi connectivity index (χ3n) is 5.27. The van der Waals surface area contributed by atoms with Crippen LogP contribution in [-0.4, -0.2) is 7.11 Å². The Labute approximate surface area is 160 Å². The molecule has 2 aromatic carbocycles. The number of rotatable bonds is 4. The molecule has 0 radical (unpaired) electrons. The van der Waals surface area contributed by atoms with Crippen LogP contribution in [0, 0.1) is 0 Å². The number of hydrogen-bond acceptors (Lipinski definition) is 1. The lowest BCUT2D eigenvalue weighted by Crippen LogP contribution is -2.24. The van der Waals surface area contributed by atoms with E-state index in [9.17, 15) is 0 Å². The first kappa shape index (κ1) is 20.6. The van der Waals surface area contributed by atoms with Gasteiger partial charge in [-0.1, -0.05) is 91.8 Å². The van der Waals surface area contributed by atoms with Gasteiger partial charge in [0.05, 0.1) is 7.11 Å². The first-order valence-corrected chi connectivity index (χ1v) is 9.63. The van der Waals surface area contributed by atoms with Gasteiger partial charge in [-0.25, -0.2) is 0 Å². The van der Waals surface area contributed by atoms with Crippen LogP contribution in [0.4, 0.5) is 0 Å². The molecule has 0 heterocycles. The molecule has 2 aromatic rings. The van der Waals surface area contributed by atoms with Gasteiger partial charge in [0.1, 0.15) is 5.75 Å². The second kappa shape index (κ2) is 7.10. The van der Waals surface area contributed by atoms with Gasteiger partial charge >= 0.3 is 0 Å². The highest BCUT2D eigenvalue weighted by atomic mass is 16.5. The molecule has 0 aliphatic rings. The van der Waals surface area contributed by atoms with Crippen LogP contribution in [0.25, 0.3) is 0 Å². The fraction of sp³-hybridized carbons (Fsp3) is 0.520. The fourth-order valence-electron chi connectivity index (χ4n) is 3.31. The number of benzene rings is 2. The van der Waals surface area contributed by atoms with Gasteiger partial charge in [-0.3, -0.25) is 0 Å². The van der Waals surface area contributed by atoms with E-state index in [0.29, 0.717) is 0 Å². The highest BCUT2D eigenvalue weighted by molar-refractivity contribution is 5.42. The largest absolute Gasteiger partial charge is 0.496 e. The highest BCUT2D eigenvalue weighted by Gasteiger charge is 2.27. The smallest absolute Gasteiger partial charge is 0.122 e. The van der Waals surface area contributed by atoms with Crippen molar-refractivity contribution in [2.24, 2.45) is 0 Å². The van der Waals surface area contributed by atoms with Gasteiger partial charge < -0.3 is 4.74 Å². The van der Waals surface area contributed by atoms with Crippen LogP contribution in [-0.2, 0) is 22.7 Å². The van der Waals surface area contributed by atoms with Crippen molar-refractivity contribution in [1.82, 2.24) is 0 Å². The van der Waals surface area contributed by atoms with E-state index in [-0.39, 0.29) is 16.2 Å². The summed E-state index contributed by atoms with van der Waals surface area (Å²) >= 11 is 0. The normalized spacial score (nSPS) is 13.0. The van der Waals surface area contributed by atoms with E-state index in [0.717, 1.165) is 12.2 Å². The van der Waals surface area contributed by atoms with E-state index in [2.05, 4.69) is 91.8 Å². The van der Waals surface area contributed by atoms with Crippen LogP contribution in [0.3, 0.4) is 0 Å². The zero-order chi connectivity index (χ0) is 19.8. The first-order chi connectivity index (χ1) is 11.8. The third-order valence-corrected chi connectivity index (χ3v) is 5.27. The van der Waals surface area contributed by atoms with Crippen molar-refractivity contribution >= 4 is 0 Å². The van der Waals surface area contributed by atoms with Gasteiger partial charge in [-0.05, 0) is 51.0 Å². The number of para-hydroxylation sites is 1. The van der Waals surface area contributed by atoms with Crippen molar-refractivity contribution in [3.05, 3.63) is 64.7 Å². The van der Waals surface area contributed by atoms with Crippen LogP contribution in [0.15, 0.2) is 42.5 Å². The number of hydrogen-bond donors (Lipinski definition) is 0. The summed E-state index contributed by atoms with van der Waals surface area (Å²) in [6, 6.07) is 15.6. The van der Waals surface area contributed by atoms with Gasteiger partial charge in [-0.2, -0.15) is 0 Å². The summed E-state index contributed by atoms with van der Waals surface area (Å²) in [6.07, 6.45) is 0.953. The second-order valence-electron chi connectivity index (χ2n) is 10.2. The summed E-state index contributed by atoms with van der Waals surface area (Å²) in [5.41, 5.74) is 5.78. The molecule has 0 amide bonds. The molecule has 1 nitrogen and oxygen atoms in total. The van der Waals surface area contributed by atoms with E-state index in [4.69, 9.17) is 4.74 Å². The van der Waals surface area contributed by atoms with Crippen molar-refractivity contribution in [3.8, 4) is 5.75 Å². The summed E-state index contributed by atoms with van der Waals surface area (Å²) in [6.45, 7) is 18.5. The van der Waals surface area contributed by atoms with Crippen LogP contribution in [0.1, 0.15) is 77.6 Å². The Morgan fingerprint density at radius 2 is 1.15 bits per heavy atom. The summed E-state index contributed by atoms with van der Waals surface area (Å²) in [7, 11) is 1.75. The van der Waals surface area contributed by atoms with E-state index >= 15 is 0 Å². The van der Waals surface area contributed by atoms with Crippen LogP contribution in [0.5, 0.6) is 5.75 Å². The summed E-state index contributed by atoms with van der Waals surface area (Å²) in [5, 5.41) is 0. The fourth-order valence-corrected chi connectivity index (χ4v) is 3.31. The first-order valence-electron chi connectivity index (χ1n) is 9.63. The van der Waals surface area contributed by atoms with E-state index in [1.807, 2.05) is 6.07 Å². The van der Waals surface area contributed by atoms with Crippen LogP contribution < -0.4 is 4.74 Å². The predicted octanol–water partition coefficient (Wildman–Crippen LogP) is 6.81. The average molecular weight is 353 g/mol. The molecule has 26 heavy (non-hydrogen) atoms. The van der Waals surface area contributed by atoms with E-state index in [1.54, 1.807) is 7.11 Å². The maximum Gasteiger partial charge on any atom is 0.122 e. The highest BCUT2D eigenvalue weighted by Crippen LogP contribution is 2.37. The quantitative estimate of drug-likeness (QED) is 0.587. The molecule has 1 heteroatoms. The summed E-state index contributed by atoms with van der Waals surface area (Å²) in [4.78, 5) is 0. The van der Waals surface area contributed by atoms with Gasteiger partial charge in [-0.15, -0.1) is 0 Å². The Balaban J connectivity index is 2.54. The van der Waals surface area contributed by atoms with Gasteiger partial charge in [0, 0.05) is 0 Å². The summed E-state index contributed by atoms with van der Waals surface area (Å²) < 4.78 is 5.58. The average Bonchev–Trinajstić information content (AvgIpc) is 2.53. The topological polar surface area (TPSA) is 9.23 Å². The third kappa shape index (κ3) is 4.69. The van der Waals surface area contributed by atoms with Gasteiger partial charge in [0.2, 0.25) is 0 Å². The zero-order valence-corrected chi connectivity index (χ0v) is 18.2. The lowest BCUT2D eigenvalue weighted by molar-refractivity contribution is 0.402. The molecule has 0 fully saturated rings. The molecular formula is C25H36O. The minimum Gasteiger partial charge on any atom is -0.496 e. The molecule has 0 aromatic heterocycles. The van der Waals surface area contributed by atoms with Crippen molar-refractivity contribution in [2.75, 3.05) is 7.11 Å². The number of ether oxygens (including phenoxy) is 1. The van der Waals surface area contributed by atoms with Crippen molar-refractivity contribution in [3.63, 3.8) is 0 Å². The Kier molecular flexibility index (Phi) is 5.61. The molecule has 0 aliphatic carbocycles. The molecule has 0 atom stereocenters. The van der Waals surface area contributed by atoms with Crippen molar-refractivity contribution < 1.29 is 4.74 Å². The van der Waals surface area contributed by atoms with Crippen molar-refractivity contribution in [1.29, 1.82) is 0 Å². The lowest BCUT2D eigenvalue weighted by atomic mass is 9.73. The second-order valence-corrected chi connectivity index (χ2v) is 10.2. The summed E-state index contributed by atoms with van der Waals surface area (Å²) in [5.74, 6) is 0.976. The Bertz CT molecular complexity index is 722. The molecule has 2 rings (SSSR count). The predicted molar refractivity (Wildman–Crippen MR) is 114 cm³/mol. The standard InChI is InChI=1S/C25H36O/c1-23(2,3)19-14-20(24(4,5)6)16-21(15-19)25(7,8)17-18-12-10-11-13-22(18)26-9/h10-16H,17H2,1-9H3. The Morgan fingerprint density at radius 1 is 0.692 bits per heavy atom. The molecule has 0 saturated carbocycles. The molecule has 0 aliphatic heterocycles. The van der Waals surface area contributed by atoms with Crippen LogP contribution in [0.2, 0.25) is 0 Å². The molecular weight excluding hydrogens is 316 g/mol. The molecule has 0 saturated heterocycles. The molecule has 142 valence electrons. The minimum absolute atomic E-state index is 0.0237. The van der Waals surface area contributed by atoms with E-state index in [1.165, 1.54) is 22.3 Å². The zero-order valence-electron chi connectivity index (χ0n) is 18.2.